The summed E-state index contributed by atoms with van der Waals surface area (Å²) in [5.74, 6) is 2.04. The number of aromatic hydroxyl groups is 1. The summed E-state index contributed by atoms with van der Waals surface area (Å²) in [4.78, 5) is 4.30. The SMILES string of the molecule is Cc1nc2c(O)cccn2c1N=Nc1ccc2c(c1)OCO2. The monoisotopic (exact) mass is 296 g/mol. The Hall–Kier alpha value is -3.09. The normalized spacial score (nSPS) is 13.3. The van der Waals surface area contributed by atoms with Gasteiger partial charge in [-0.25, -0.2) is 4.98 Å². The van der Waals surface area contributed by atoms with Crippen LogP contribution in [-0.4, -0.2) is 21.3 Å². The lowest BCUT2D eigenvalue weighted by Crippen LogP contribution is -1.92. The third kappa shape index (κ3) is 1.95. The van der Waals surface area contributed by atoms with E-state index in [-0.39, 0.29) is 12.5 Å². The highest BCUT2D eigenvalue weighted by molar-refractivity contribution is 5.60. The maximum absolute atomic E-state index is 9.81. The van der Waals surface area contributed by atoms with Crippen LogP contribution in [-0.2, 0) is 0 Å². The smallest absolute Gasteiger partial charge is 0.231 e. The fourth-order valence-corrected chi connectivity index (χ4v) is 2.33. The van der Waals surface area contributed by atoms with Crippen LogP contribution < -0.4 is 9.47 Å². The number of aromatic nitrogens is 2. The van der Waals surface area contributed by atoms with E-state index in [1.54, 1.807) is 40.9 Å². The summed E-state index contributed by atoms with van der Waals surface area (Å²) in [5.41, 5.74) is 1.80. The largest absolute Gasteiger partial charge is 0.504 e. The van der Waals surface area contributed by atoms with Crippen molar-refractivity contribution in [3.05, 3.63) is 42.2 Å². The van der Waals surface area contributed by atoms with E-state index in [2.05, 4.69) is 15.2 Å². The first-order chi connectivity index (χ1) is 10.7. The van der Waals surface area contributed by atoms with Crippen molar-refractivity contribution in [2.45, 2.75) is 6.92 Å². The standard InChI is InChI=1S/C15H12N4O3/c1-9-14(19-6-2-3-11(20)15(19)16-9)18-17-10-4-5-12-13(7-10)22-8-21-12/h2-7,20H,8H2,1H3. The summed E-state index contributed by atoms with van der Waals surface area (Å²) in [6.07, 6.45) is 1.78. The molecule has 1 aromatic carbocycles. The lowest BCUT2D eigenvalue weighted by atomic mass is 10.3. The van der Waals surface area contributed by atoms with Gasteiger partial charge in [-0.3, -0.25) is 4.40 Å². The molecule has 1 aliphatic rings. The zero-order valence-corrected chi connectivity index (χ0v) is 11.7. The molecule has 3 heterocycles. The van der Waals surface area contributed by atoms with Gasteiger partial charge in [-0.05, 0) is 31.2 Å². The Labute approximate surface area is 125 Å². The molecule has 0 saturated carbocycles. The molecular weight excluding hydrogens is 284 g/mol. The molecule has 0 bridgehead atoms. The Kier molecular flexibility index (Phi) is 2.72. The van der Waals surface area contributed by atoms with Gasteiger partial charge in [-0.2, -0.15) is 0 Å². The van der Waals surface area contributed by atoms with Crippen molar-refractivity contribution < 1.29 is 14.6 Å². The molecule has 1 aliphatic heterocycles. The van der Waals surface area contributed by atoms with Gasteiger partial charge >= 0.3 is 0 Å². The predicted octanol–water partition coefficient (Wildman–Crippen LogP) is 3.49. The molecule has 0 fully saturated rings. The Bertz CT molecular complexity index is 901. The molecule has 0 amide bonds. The molecule has 7 nitrogen and oxygen atoms in total. The van der Waals surface area contributed by atoms with E-state index in [0.29, 0.717) is 34.3 Å². The van der Waals surface area contributed by atoms with E-state index < -0.39 is 0 Å². The van der Waals surface area contributed by atoms with Gasteiger partial charge in [-0.1, -0.05) is 0 Å². The highest BCUT2D eigenvalue weighted by Gasteiger charge is 2.14. The van der Waals surface area contributed by atoms with Crippen molar-refractivity contribution in [3.63, 3.8) is 0 Å². The van der Waals surface area contributed by atoms with Crippen molar-refractivity contribution in [2.24, 2.45) is 10.2 Å². The first kappa shape index (κ1) is 12.6. The summed E-state index contributed by atoms with van der Waals surface area (Å²) in [7, 11) is 0. The zero-order chi connectivity index (χ0) is 15.1. The minimum Gasteiger partial charge on any atom is -0.504 e. The number of aryl methyl sites for hydroxylation is 1. The van der Waals surface area contributed by atoms with Crippen LogP contribution in [0.15, 0.2) is 46.8 Å². The molecule has 0 unspecified atom stereocenters. The van der Waals surface area contributed by atoms with Crippen LogP contribution in [0.2, 0.25) is 0 Å². The second-order valence-electron chi connectivity index (χ2n) is 4.85. The topological polar surface area (TPSA) is 80.7 Å². The van der Waals surface area contributed by atoms with Gasteiger partial charge < -0.3 is 14.6 Å². The van der Waals surface area contributed by atoms with Crippen LogP contribution >= 0.6 is 0 Å². The van der Waals surface area contributed by atoms with Crippen LogP contribution in [0.25, 0.3) is 5.65 Å². The molecule has 3 aromatic rings. The first-order valence-electron chi connectivity index (χ1n) is 6.70. The van der Waals surface area contributed by atoms with Gasteiger partial charge in [0.1, 0.15) is 0 Å². The van der Waals surface area contributed by atoms with Crippen molar-refractivity contribution in [1.29, 1.82) is 0 Å². The molecule has 0 aliphatic carbocycles. The maximum atomic E-state index is 9.81. The van der Waals surface area contributed by atoms with Crippen molar-refractivity contribution in [2.75, 3.05) is 6.79 Å². The van der Waals surface area contributed by atoms with Gasteiger partial charge in [0.15, 0.2) is 28.7 Å². The average molecular weight is 296 g/mol. The summed E-state index contributed by atoms with van der Waals surface area (Å²) >= 11 is 0. The molecule has 0 saturated heterocycles. The molecule has 22 heavy (non-hydrogen) atoms. The molecule has 4 rings (SSSR count). The Balaban J connectivity index is 1.74. The lowest BCUT2D eigenvalue weighted by molar-refractivity contribution is 0.174. The molecule has 0 spiro atoms. The van der Waals surface area contributed by atoms with Crippen LogP contribution in [0.3, 0.4) is 0 Å². The third-order valence-electron chi connectivity index (χ3n) is 3.39. The number of rotatable bonds is 2. The number of hydrogen-bond acceptors (Lipinski definition) is 6. The zero-order valence-electron chi connectivity index (χ0n) is 11.7. The van der Waals surface area contributed by atoms with E-state index in [1.807, 2.05) is 6.92 Å². The average Bonchev–Trinajstić information content (AvgIpc) is 3.09. The van der Waals surface area contributed by atoms with Gasteiger partial charge in [0, 0.05) is 12.3 Å². The Morgan fingerprint density at radius 2 is 2.05 bits per heavy atom. The van der Waals surface area contributed by atoms with E-state index in [4.69, 9.17) is 9.47 Å². The molecule has 1 N–H and O–H groups in total. The molecule has 2 aromatic heterocycles. The number of ether oxygens (including phenoxy) is 2. The fourth-order valence-electron chi connectivity index (χ4n) is 2.33. The van der Waals surface area contributed by atoms with E-state index >= 15 is 0 Å². The highest BCUT2D eigenvalue weighted by atomic mass is 16.7. The number of pyridine rings is 1. The minimum absolute atomic E-state index is 0.107. The van der Waals surface area contributed by atoms with E-state index in [9.17, 15) is 5.11 Å². The van der Waals surface area contributed by atoms with Gasteiger partial charge in [0.05, 0.1) is 11.4 Å². The number of nitrogens with zero attached hydrogens (tertiary/aromatic N) is 4. The van der Waals surface area contributed by atoms with E-state index in [1.165, 1.54) is 0 Å². The third-order valence-corrected chi connectivity index (χ3v) is 3.39. The van der Waals surface area contributed by atoms with Crippen LogP contribution in [0.1, 0.15) is 5.69 Å². The maximum Gasteiger partial charge on any atom is 0.231 e. The summed E-state index contributed by atoms with van der Waals surface area (Å²) in [6, 6.07) is 8.67. The molecule has 0 atom stereocenters. The second kappa shape index (κ2) is 4.73. The summed E-state index contributed by atoms with van der Waals surface area (Å²) < 4.78 is 12.3. The fraction of sp³-hybridized carbons (Fsp3) is 0.133. The predicted molar refractivity (Wildman–Crippen MR) is 78.3 cm³/mol. The molecule has 7 heteroatoms. The summed E-state index contributed by atoms with van der Waals surface area (Å²) in [6.45, 7) is 2.04. The minimum atomic E-state index is 0.107. The molecular formula is C15H12N4O3. The number of azo groups is 1. The number of benzene rings is 1. The first-order valence-corrected chi connectivity index (χ1v) is 6.70. The second-order valence-corrected chi connectivity index (χ2v) is 4.85. The van der Waals surface area contributed by atoms with Crippen LogP contribution in [0.5, 0.6) is 17.2 Å². The Morgan fingerprint density at radius 3 is 2.95 bits per heavy atom. The van der Waals surface area contributed by atoms with Gasteiger partial charge in [-0.15, -0.1) is 10.2 Å². The lowest BCUT2D eigenvalue weighted by Gasteiger charge is -1.98. The van der Waals surface area contributed by atoms with Gasteiger partial charge in [0.25, 0.3) is 0 Å². The van der Waals surface area contributed by atoms with Crippen LogP contribution in [0, 0.1) is 6.92 Å². The van der Waals surface area contributed by atoms with Gasteiger partial charge in [0.2, 0.25) is 6.79 Å². The quantitative estimate of drug-likeness (QED) is 0.734. The number of imidazole rings is 1. The summed E-state index contributed by atoms with van der Waals surface area (Å²) in [5, 5.41) is 18.3. The van der Waals surface area contributed by atoms with Crippen molar-refractivity contribution in [3.8, 4) is 17.2 Å². The van der Waals surface area contributed by atoms with Crippen molar-refractivity contribution in [1.82, 2.24) is 9.38 Å². The van der Waals surface area contributed by atoms with E-state index in [0.717, 1.165) is 0 Å². The molecule has 110 valence electrons. The van der Waals surface area contributed by atoms with Crippen molar-refractivity contribution >= 4 is 17.2 Å². The number of hydrogen-bond donors (Lipinski definition) is 1. The Morgan fingerprint density at radius 1 is 1.18 bits per heavy atom. The number of fused-ring (bicyclic) bond motifs is 2. The highest BCUT2D eigenvalue weighted by Crippen LogP contribution is 2.36. The molecule has 0 radical (unpaired) electrons. The van der Waals surface area contributed by atoms with Crippen LogP contribution in [0.4, 0.5) is 11.5 Å².